The van der Waals surface area contributed by atoms with Gasteiger partial charge in [-0.15, -0.1) is 0 Å². The van der Waals surface area contributed by atoms with E-state index >= 15 is 0 Å². The van der Waals surface area contributed by atoms with Crippen molar-refractivity contribution >= 4 is 11.4 Å². The van der Waals surface area contributed by atoms with Gasteiger partial charge in [-0.1, -0.05) is 42.0 Å². The van der Waals surface area contributed by atoms with E-state index in [4.69, 9.17) is 4.99 Å². The minimum Gasteiger partial charge on any atom is -0.250 e. The SMILES string of the molecule is Cc1ccc(C2=Nc3ccccc3-n3c(nn(C)c3=O)C2)cc1. The van der Waals surface area contributed by atoms with E-state index in [1.54, 1.807) is 11.6 Å². The number of aryl methyl sites for hydroxylation is 2. The molecule has 2 heterocycles. The highest BCUT2D eigenvalue weighted by Gasteiger charge is 2.21. The Kier molecular flexibility index (Phi) is 3.01. The average Bonchev–Trinajstić information content (AvgIpc) is 2.74. The van der Waals surface area contributed by atoms with Gasteiger partial charge in [-0.2, -0.15) is 5.10 Å². The molecule has 0 saturated carbocycles. The molecule has 2 aromatic carbocycles. The maximum Gasteiger partial charge on any atom is 0.350 e. The van der Waals surface area contributed by atoms with Gasteiger partial charge in [-0.05, 0) is 24.6 Å². The van der Waals surface area contributed by atoms with Gasteiger partial charge < -0.3 is 0 Å². The lowest BCUT2D eigenvalue weighted by Crippen LogP contribution is -2.22. The molecule has 0 aliphatic carbocycles. The molecule has 0 saturated heterocycles. The van der Waals surface area contributed by atoms with Crippen LogP contribution in [0.3, 0.4) is 0 Å². The number of hydrogen-bond donors (Lipinski definition) is 0. The van der Waals surface area contributed by atoms with Crippen LogP contribution in [0, 0.1) is 6.92 Å². The monoisotopic (exact) mass is 304 g/mol. The number of para-hydroxylation sites is 2. The number of benzene rings is 2. The molecule has 3 aromatic rings. The molecule has 0 unspecified atom stereocenters. The lowest BCUT2D eigenvalue weighted by Gasteiger charge is -2.04. The Morgan fingerprint density at radius 2 is 1.78 bits per heavy atom. The normalized spacial score (nSPS) is 13.0. The van der Waals surface area contributed by atoms with Gasteiger partial charge in [-0.3, -0.25) is 4.99 Å². The molecule has 1 aliphatic heterocycles. The molecule has 4 rings (SSSR count). The molecule has 0 atom stereocenters. The Morgan fingerprint density at radius 1 is 1.04 bits per heavy atom. The van der Waals surface area contributed by atoms with Crippen LogP contribution >= 0.6 is 0 Å². The van der Waals surface area contributed by atoms with E-state index in [1.165, 1.54) is 10.2 Å². The molecule has 0 spiro atoms. The van der Waals surface area contributed by atoms with Gasteiger partial charge in [0, 0.05) is 7.05 Å². The second-order valence-electron chi connectivity index (χ2n) is 5.75. The van der Waals surface area contributed by atoms with Crippen molar-refractivity contribution in [3.8, 4) is 5.69 Å². The minimum atomic E-state index is -0.146. The third kappa shape index (κ3) is 2.21. The lowest BCUT2D eigenvalue weighted by molar-refractivity contribution is 0.721. The fourth-order valence-corrected chi connectivity index (χ4v) is 2.87. The third-order valence-electron chi connectivity index (χ3n) is 4.08. The fourth-order valence-electron chi connectivity index (χ4n) is 2.87. The standard InChI is InChI=1S/C18H16N4O/c1-12-7-9-13(10-8-12)15-11-17-20-21(2)18(23)22(17)16-6-4-3-5-14(16)19-15/h3-10H,11H2,1-2H3. The smallest absolute Gasteiger partial charge is 0.250 e. The van der Waals surface area contributed by atoms with Crippen molar-refractivity contribution < 1.29 is 0 Å². The quantitative estimate of drug-likeness (QED) is 0.694. The molecule has 114 valence electrons. The van der Waals surface area contributed by atoms with Crippen LogP contribution in [-0.4, -0.2) is 20.1 Å². The molecule has 1 aliphatic rings. The van der Waals surface area contributed by atoms with Crippen LogP contribution in [0.5, 0.6) is 0 Å². The Labute approximate surface area is 133 Å². The maximum atomic E-state index is 12.4. The van der Waals surface area contributed by atoms with Gasteiger partial charge in [-0.25, -0.2) is 14.0 Å². The number of hydrogen-bond acceptors (Lipinski definition) is 3. The first kappa shape index (κ1) is 13.7. The zero-order valence-corrected chi connectivity index (χ0v) is 13.0. The molecule has 5 nitrogen and oxygen atoms in total. The van der Waals surface area contributed by atoms with Crippen molar-refractivity contribution in [3.05, 3.63) is 76.0 Å². The molecule has 0 amide bonds. The van der Waals surface area contributed by atoms with Crippen LogP contribution in [0.4, 0.5) is 5.69 Å². The van der Waals surface area contributed by atoms with Gasteiger partial charge in [0.1, 0.15) is 5.82 Å². The van der Waals surface area contributed by atoms with E-state index < -0.39 is 0 Å². The van der Waals surface area contributed by atoms with E-state index in [0.29, 0.717) is 12.2 Å². The van der Waals surface area contributed by atoms with Crippen molar-refractivity contribution in [3.63, 3.8) is 0 Å². The molecule has 5 heteroatoms. The summed E-state index contributed by atoms with van der Waals surface area (Å²) in [5.41, 5.74) is 4.60. The maximum absolute atomic E-state index is 12.4. The third-order valence-corrected chi connectivity index (χ3v) is 4.08. The van der Waals surface area contributed by atoms with E-state index in [9.17, 15) is 4.79 Å². The van der Waals surface area contributed by atoms with Crippen molar-refractivity contribution in [2.24, 2.45) is 12.0 Å². The second-order valence-corrected chi connectivity index (χ2v) is 5.75. The highest BCUT2D eigenvalue weighted by Crippen LogP contribution is 2.27. The Bertz CT molecular complexity index is 977. The second kappa shape index (κ2) is 5.05. The first-order valence-corrected chi connectivity index (χ1v) is 7.52. The summed E-state index contributed by atoms with van der Waals surface area (Å²) in [5, 5.41) is 4.39. The molecule has 0 N–H and O–H groups in total. The minimum absolute atomic E-state index is 0.146. The molecule has 0 fully saturated rings. The summed E-state index contributed by atoms with van der Waals surface area (Å²) in [5.74, 6) is 0.710. The predicted octanol–water partition coefficient (Wildman–Crippen LogP) is 2.56. The Hall–Kier alpha value is -2.95. The summed E-state index contributed by atoms with van der Waals surface area (Å²) in [6, 6.07) is 15.9. The average molecular weight is 304 g/mol. The van der Waals surface area contributed by atoms with Crippen LogP contribution in [0.2, 0.25) is 0 Å². The summed E-state index contributed by atoms with van der Waals surface area (Å²) < 4.78 is 3.03. The molecular formula is C18H16N4O. The summed E-state index contributed by atoms with van der Waals surface area (Å²) in [6.45, 7) is 2.06. The van der Waals surface area contributed by atoms with E-state index in [2.05, 4.69) is 36.3 Å². The van der Waals surface area contributed by atoms with Crippen molar-refractivity contribution in [1.82, 2.24) is 14.3 Å². The zero-order valence-electron chi connectivity index (χ0n) is 13.0. The van der Waals surface area contributed by atoms with Crippen molar-refractivity contribution in [1.29, 1.82) is 0 Å². The fraction of sp³-hybridized carbons (Fsp3) is 0.167. The van der Waals surface area contributed by atoms with Gasteiger partial charge in [0.05, 0.1) is 23.5 Å². The van der Waals surface area contributed by atoms with Gasteiger partial charge in [0.2, 0.25) is 0 Å². The predicted molar refractivity (Wildman–Crippen MR) is 89.9 cm³/mol. The molecular weight excluding hydrogens is 288 g/mol. The van der Waals surface area contributed by atoms with Crippen LogP contribution in [0.25, 0.3) is 5.69 Å². The van der Waals surface area contributed by atoms with Gasteiger partial charge >= 0.3 is 5.69 Å². The van der Waals surface area contributed by atoms with Crippen molar-refractivity contribution in [2.75, 3.05) is 0 Å². The molecule has 23 heavy (non-hydrogen) atoms. The highest BCUT2D eigenvalue weighted by atomic mass is 16.2. The summed E-state index contributed by atoms with van der Waals surface area (Å²) in [6.07, 6.45) is 0.522. The molecule has 1 aromatic heterocycles. The van der Waals surface area contributed by atoms with Gasteiger partial charge in [0.15, 0.2) is 0 Å². The molecule has 0 radical (unpaired) electrons. The topological polar surface area (TPSA) is 52.2 Å². The number of aliphatic imine (C=N–C) groups is 1. The number of aromatic nitrogens is 3. The first-order valence-electron chi connectivity index (χ1n) is 7.52. The van der Waals surface area contributed by atoms with E-state index in [-0.39, 0.29) is 5.69 Å². The Balaban J connectivity index is 1.97. The number of nitrogens with zero attached hydrogens (tertiary/aromatic N) is 4. The van der Waals surface area contributed by atoms with Crippen LogP contribution in [0.15, 0.2) is 58.3 Å². The van der Waals surface area contributed by atoms with Crippen LogP contribution < -0.4 is 5.69 Å². The number of rotatable bonds is 1. The first-order chi connectivity index (χ1) is 11.1. The zero-order chi connectivity index (χ0) is 16.0. The van der Waals surface area contributed by atoms with Gasteiger partial charge in [0.25, 0.3) is 0 Å². The van der Waals surface area contributed by atoms with Crippen LogP contribution in [-0.2, 0) is 13.5 Å². The van der Waals surface area contributed by atoms with Crippen LogP contribution in [0.1, 0.15) is 17.0 Å². The summed E-state index contributed by atoms with van der Waals surface area (Å²) >= 11 is 0. The Morgan fingerprint density at radius 3 is 2.57 bits per heavy atom. The molecule has 0 bridgehead atoms. The largest absolute Gasteiger partial charge is 0.350 e. The summed E-state index contributed by atoms with van der Waals surface area (Å²) in [4.78, 5) is 17.2. The van der Waals surface area contributed by atoms with Crippen molar-refractivity contribution in [2.45, 2.75) is 13.3 Å². The van der Waals surface area contributed by atoms with E-state index in [1.807, 2.05) is 24.3 Å². The van der Waals surface area contributed by atoms with E-state index in [0.717, 1.165) is 22.6 Å². The summed E-state index contributed by atoms with van der Waals surface area (Å²) in [7, 11) is 1.68. The highest BCUT2D eigenvalue weighted by molar-refractivity contribution is 6.04. The number of fused-ring (bicyclic) bond motifs is 3. The lowest BCUT2D eigenvalue weighted by atomic mass is 10.1.